The van der Waals surface area contributed by atoms with Crippen LogP contribution in [0, 0.1) is 0 Å². The summed E-state index contributed by atoms with van der Waals surface area (Å²) in [6.07, 6.45) is 0.257. The maximum Gasteiger partial charge on any atom is 0.255 e. The summed E-state index contributed by atoms with van der Waals surface area (Å²) < 4.78 is 10.7. The summed E-state index contributed by atoms with van der Waals surface area (Å²) in [5, 5.41) is 13.1. The molecular formula is C19H24N2O4. The molecule has 0 bridgehead atoms. The number of rotatable bonds is 11. The minimum absolute atomic E-state index is 0.121. The Balaban J connectivity index is 1.59. The van der Waals surface area contributed by atoms with Crippen LogP contribution in [-0.4, -0.2) is 43.4 Å². The number of benzene rings is 2. The van der Waals surface area contributed by atoms with Crippen molar-refractivity contribution in [1.82, 2.24) is 5.32 Å². The van der Waals surface area contributed by atoms with Gasteiger partial charge in [-0.3, -0.25) is 4.79 Å². The number of amides is 1. The lowest BCUT2D eigenvalue weighted by atomic mass is 10.1. The average Bonchev–Trinajstić information content (AvgIpc) is 2.63. The van der Waals surface area contributed by atoms with Crippen molar-refractivity contribution in [3.8, 4) is 11.5 Å². The molecule has 2 aromatic carbocycles. The third kappa shape index (κ3) is 7.69. The minimum atomic E-state index is -0.565. The van der Waals surface area contributed by atoms with E-state index in [1.165, 1.54) is 0 Å². The second-order valence-electron chi connectivity index (χ2n) is 5.63. The molecular weight excluding hydrogens is 320 g/mol. The first-order valence-electron chi connectivity index (χ1n) is 8.20. The fourth-order valence-electron chi connectivity index (χ4n) is 2.18. The summed E-state index contributed by atoms with van der Waals surface area (Å²) in [4.78, 5) is 10.7. The molecule has 0 saturated carbocycles. The Bertz CT molecular complexity index is 632. The van der Waals surface area contributed by atoms with E-state index in [0.29, 0.717) is 12.3 Å². The van der Waals surface area contributed by atoms with E-state index < -0.39 is 12.0 Å². The smallest absolute Gasteiger partial charge is 0.255 e. The number of carbonyl (C=O) groups excluding carboxylic acids is 1. The van der Waals surface area contributed by atoms with Gasteiger partial charge in [0.05, 0.1) is 0 Å². The van der Waals surface area contributed by atoms with Gasteiger partial charge in [-0.2, -0.15) is 0 Å². The second kappa shape index (κ2) is 10.3. The highest BCUT2D eigenvalue weighted by Gasteiger charge is 2.05. The number of ether oxygens (including phenoxy) is 2. The SMILES string of the molecule is NC(=O)COc1ccc(CCNCC(O)COc2ccccc2)cc1. The lowest BCUT2D eigenvalue weighted by Crippen LogP contribution is -2.32. The van der Waals surface area contributed by atoms with E-state index in [9.17, 15) is 9.90 Å². The zero-order valence-corrected chi connectivity index (χ0v) is 14.1. The van der Waals surface area contributed by atoms with Crippen molar-refractivity contribution in [3.05, 3.63) is 60.2 Å². The van der Waals surface area contributed by atoms with E-state index in [1.807, 2.05) is 42.5 Å². The first-order valence-corrected chi connectivity index (χ1v) is 8.20. The van der Waals surface area contributed by atoms with Gasteiger partial charge in [0.15, 0.2) is 6.61 Å². The van der Waals surface area contributed by atoms with Crippen LogP contribution in [0.1, 0.15) is 5.56 Å². The Morgan fingerprint density at radius 3 is 2.40 bits per heavy atom. The number of aliphatic hydroxyl groups is 1. The molecule has 6 nitrogen and oxygen atoms in total. The van der Waals surface area contributed by atoms with Crippen LogP contribution in [0.4, 0.5) is 0 Å². The molecule has 2 aromatic rings. The third-order valence-corrected chi connectivity index (χ3v) is 3.46. The van der Waals surface area contributed by atoms with E-state index in [-0.39, 0.29) is 13.2 Å². The van der Waals surface area contributed by atoms with Crippen molar-refractivity contribution in [2.24, 2.45) is 5.73 Å². The van der Waals surface area contributed by atoms with Gasteiger partial charge in [-0.15, -0.1) is 0 Å². The Morgan fingerprint density at radius 2 is 1.72 bits per heavy atom. The number of primary amides is 1. The predicted molar refractivity (Wildman–Crippen MR) is 95.6 cm³/mol. The van der Waals surface area contributed by atoms with Crippen LogP contribution in [0.2, 0.25) is 0 Å². The lowest BCUT2D eigenvalue weighted by molar-refractivity contribution is -0.119. The molecule has 6 heteroatoms. The Labute approximate surface area is 147 Å². The number of aliphatic hydroxyl groups excluding tert-OH is 1. The summed E-state index contributed by atoms with van der Waals surface area (Å²) in [6.45, 7) is 1.34. The van der Waals surface area contributed by atoms with Crippen molar-refractivity contribution in [3.63, 3.8) is 0 Å². The van der Waals surface area contributed by atoms with Crippen molar-refractivity contribution in [2.45, 2.75) is 12.5 Å². The third-order valence-electron chi connectivity index (χ3n) is 3.46. The lowest BCUT2D eigenvalue weighted by Gasteiger charge is -2.13. The first kappa shape index (κ1) is 18.8. The standard InChI is InChI=1S/C19H24N2O4/c20-19(23)14-25-18-8-6-15(7-9-18)10-11-21-12-16(22)13-24-17-4-2-1-3-5-17/h1-9,16,21-22H,10-14H2,(H2,20,23). The normalized spacial score (nSPS) is 11.7. The highest BCUT2D eigenvalue weighted by molar-refractivity contribution is 5.75. The van der Waals surface area contributed by atoms with E-state index in [4.69, 9.17) is 15.2 Å². The number of carbonyl (C=O) groups is 1. The van der Waals surface area contributed by atoms with Crippen LogP contribution >= 0.6 is 0 Å². The zero-order chi connectivity index (χ0) is 17.9. The average molecular weight is 344 g/mol. The molecule has 4 N–H and O–H groups in total. The second-order valence-corrected chi connectivity index (χ2v) is 5.63. The quantitative estimate of drug-likeness (QED) is 0.531. The Kier molecular flexibility index (Phi) is 7.75. The molecule has 0 aliphatic rings. The molecule has 2 rings (SSSR count). The molecule has 25 heavy (non-hydrogen) atoms. The Hall–Kier alpha value is -2.57. The molecule has 0 saturated heterocycles. The largest absolute Gasteiger partial charge is 0.491 e. The maximum atomic E-state index is 10.7. The summed E-state index contributed by atoms with van der Waals surface area (Å²) in [7, 11) is 0. The molecule has 134 valence electrons. The van der Waals surface area contributed by atoms with Crippen LogP contribution in [0.25, 0.3) is 0 Å². The molecule has 0 aliphatic heterocycles. The summed E-state index contributed by atoms with van der Waals surface area (Å²) in [5.74, 6) is 0.868. The number of nitrogens with two attached hydrogens (primary N) is 1. The van der Waals surface area contributed by atoms with Crippen LogP contribution in [-0.2, 0) is 11.2 Å². The van der Waals surface area contributed by atoms with E-state index in [1.54, 1.807) is 12.1 Å². The molecule has 1 amide bonds. The summed E-state index contributed by atoms with van der Waals surface area (Å²) >= 11 is 0. The molecule has 1 unspecified atom stereocenters. The fourth-order valence-corrected chi connectivity index (χ4v) is 2.18. The van der Waals surface area contributed by atoms with Crippen LogP contribution < -0.4 is 20.5 Å². The zero-order valence-electron chi connectivity index (χ0n) is 14.1. The highest BCUT2D eigenvalue weighted by Crippen LogP contribution is 2.12. The van der Waals surface area contributed by atoms with E-state index >= 15 is 0 Å². The first-order chi connectivity index (χ1) is 12.1. The van der Waals surface area contributed by atoms with Crippen LogP contribution in [0.15, 0.2) is 54.6 Å². The number of nitrogens with one attached hydrogen (secondary N) is 1. The molecule has 0 fully saturated rings. The van der Waals surface area contributed by atoms with Gasteiger partial charge < -0.3 is 25.6 Å². The predicted octanol–water partition coefficient (Wildman–Crippen LogP) is 1.12. The molecule has 1 atom stereocenters. The molecule has 0 radical (unpaired) electrons. The molecule has 0 aromatic heterocycles. The summed E-state index contributed by atoms with van der Waals surface area (Å²) in [6, 6.07) is 16.9. The van der Waals surface area contributed by atoms with Crippen molar-refractivity contribution < 1.29 is 19.4 Å². The molecule has 0 aliphatic carbocycles. The minimum Gasteiger partial charge on any atom is -0.491 e. The van der Waals surface area contributed by atoms with Crippen LogP contribution in [0.3, 0.4) is 0 Å². The fraction of sp³-hybridized carbons (Fsp3) is 0.316. The van der Waals surface area contributed by atoms with Gasteiger partial charge in [-0.25, -0.2) is 0 Å². The van der Waals surface area contributed by atoms with E-state index in [0.717, 1.165) is 24.3 Å². The monoisotopic (exact) mass is 344 g/mol. The summed E-state index contributed by atoms with van der Waals surface area (Å²) in [5.41, 5.74) is 6.16. The molecule has 0 spiro atoms. The van der Waals surface area contributed by atoms with Crippen molar-refractivity contribution >= 4 is 5.91 Å². The van der Waals surface area contributed by atoms with Gasteiger partial charge in [0.25, 0.3) is 5.91 Å². The Morgan fingerprint density at radius 1 is 1.04 bits per heavy atom. The van der Waals surface area contributed by atoms with Gasteiger partial charge in [0.1, 0.15) is 24.2 Å². The van der Waals surface area contributed by atoms with Gasteiger partial charge >= 0.3 is 0 Å². The number of para-hydroxylation sites is 1. The molecule has 0 heterocycles. The van der Waals surface area contributed by atoms with Gasteiger partial charge in [-0.1, -0.05) is 30.3 Å². The van der Waals surface area contributed by atoms with Crippen LogP contribution in [0.5, 0.6) is 11.5 Å². The number of hydrogen-bond acceptors (Lipinski definition) is 5. The van der Waals surface area contributed by atoms with Gasteiger partial charge in [0.2, 0.25) is 0 Å². The highest BCUT2D eigenvalue weighted by atomic mass is 16.5. The van der Waals surface area contributed by atoms with Crippen molar-refractivity contribution in [2.75, 3.05) is 26.3 Å². The van der Waals surface area contributed by atoms with Crippen molar-refractivity contribution in [1.29, 1.82) is 0 Å². The number of hydrogen-bond donors (Lipinski definition) is 3. The topological polar surface area (TPSA) is 93.8 Å². The maximum absolute atomic E-state index is 10.7. The van der Waals surface area contributed by atoms with Gasteiger partial charge in [0, 0.05) is 6.54 Å². The van der Waals surface area contributed by atoms with Gasteiger partial charge in [-0.05, 0) is 42.8 Å². The van der Waals surface area contributed by atoms with E-state index in [2.05, 4.69) is 5.32 Å².